The molecule has 0 fully saturated rings. The van der Waals surface area contributed by atoms with Crippen LogP contribution in [-0.4, -0.2) is 27.2 Å². The lowest BCUT2D eigenvalue weighted by molar-refractivity contribution is -0.119. The molecule has 0 spiro atoms. The number of amides is 1. The van der Waals surface area contributed by atoms with Crippen LogP contribution >= 0.6 is 0 Å². The van der Waals surface area contributed by atoms with Crippen LogP contribution in [-0.2, 0) is 11.2 Å². The summed E-state index contributed by atoms with van der Waals surface area (Å²) in [6, 6.07) is 6.40. The maximum atomic E-state index is 12.4. The van der Waals surface area contributed by atoms with Crippen LogP contribution in [0.1, 0.15) is 30.5 Å². The summed E-state index contributed by atoms with van der Waals surface area (Å²) in [4.78, 5) is 24.2. The molecule has 7 nitrogen and oxygen atoms in total. The van der Waals surface area contributed by atoms with Gasteiger partial charge in [-0.05, 0) is 36.1 Å². The van der Waals surface area contributed by atoms with Crippen LogP contribution in [0.4, 0.5) is 5.69 Å². The fraction of sp³-hybridized carbons (Fsp3) is 0.333. The molecule has 1 aliphatic rings. The zero-order valence-electron chi connectivity index (χ0n) is 16.4. The molecule has 0 unspecified atom stereocenters. The van der Waals surface area contributed by atoms with Gasteiger partial charge in [0.25, 0.3) is 0 Å². The minimum atomic E-state index is -0.401. The second-order valence-corrected chi connectivity index (χ2v) is 6.60. The summed E-state index contributed by atoms with van der Waals surface area (Å²) in [5.41, 5.74) is 9.12. The molecule has 3 rings (SSSR count). The van der Waals surface area contributed by atoms with Crippen LogP contribution in [0, 0.1) is 0 Å². The summed E-state index contributed by atoms with van der Waals surface area (Å²) in [5.74, 6) is 1.32. The highest BCUT2D eigenvalue weighted by molar-refractivity contribution is 5.85. The minimum absolute atomic E-state index is 0.114. The number of anilines is 1. The van der Waals surface area contributed by atoms with Gasteiger partial charge in [-0.1, -0.05) is 12.1 Å². The fourth-order valence-electron chi connectivity index (χ4n) is 3.82. The molecule has 1 aliphatic carbocycles. The highest BCUT2D eigenvalue weighted by Gasteiger charge is 2.30. The Morgan fingerprint density at radius 3 is 2.46 bits per heavy atom. The number of ether oxygens (including phenoxy) is 3. The Morgan fingerprint density at radius 1 is 1.14 bits per heavy atom. The van der Waals surface area contributed by atoms with E-state index in [0.29, 0.717) is 35.7 Å². The number of nitrogen functional groups attached to an aromatic ring is 1. The Kier molecular flexibility index (Phi) is 5.44. The van der Waals surface area contributed by atoms with Crippen LogP contribution in [0.15, 0.2) is 29.1 Å². The van der Waals surface area contributed by atoms with Crippen molar-refractivity contribution in [2.75, 3.05) is 27.1 Å². The average Bonchev–Trinajstić information content (AvgIpc) is 2.91. The zero-order chi connectivity index (χ0) is 20.4. The lowest BCUT2D eigenvalue weighted by Crippen LogP contribution is -2.27. The van der Waals surface area contributed by atoms with Crippen molar-refractivity contribution in [1.82, 2.24) is 5.32 Å². The predicted molar refractivity (Wildman–Crippen MR) is 107 cm³/mol. The van der Waals surface area contributed by atoms with E-state index in [1.807, 2.05) is 12.1 Å². The predicted octanol–water partition coefficient (Wildman–Crippen LogP) is 2.45. The first-order valence-electron chi connectivity index (χ1n) is 8.94. The molecule has 1 atom stereocenters. The van der Waals surface area contributed by atoms with Gasteiger partial charge in [0.2, 0.25) is 17.1 Å². The molecular weight excluding hydrogens is 360 g/mol. The van der Waals surface area contributed by atoms with Crippen molar-refractivity contribution >= 4 is 11.6 Å². The molecule has 0 heterocycles. The summed E-state index contributed by atoms with van der Waals surface area (Å²) in [7, 11) is 4.66. The third-order valence-corrected chi connectivity index (χ3v) is 4.97. The number of fused-ring (bicyclic) bond motifs is 3. The van der Waals surface area contributed by atoms with E-state index in [4.69, 9.17) is 19.9 Å². The monoisotopic (exact) mass is 384 g/mol. The third-order valence-electron chi connectivity index (χ3n) is 4.97. The molecule has 2 aromatic rings. The number of nitrogens with one attached hydrogen (secondary N) is 1. The van der Waals surface area contributed by atoms with E-state index in [9.17, 15) is 9.59 Å². The Hall–Kier alpha value is -3.22. The Labute approximate surface area is 163 Å². The van der Waals surface area contributed by atoms with Gasteiger partial charge < -0.3 is 25.3 Å². The van der Waals surface area contributed by atoms with E-state index in [1.54, 1.807) is 27.4 Å². The third kappa shape index (κ3) is 3.24. The van der Waals surface area contributed by atoms with E-state index in [1.165, 1.54) is 13.0 Å². The molecule has 0 bridgehead atoms. The summed E-state index contributed by atoms with van der Waals surface area (Å²) >= 11 is 0. The van der Waals surface area contributed by atoms with Gasteiger partial charge in [0.15, 0.2) is 11.5 Å². The Bertz CT molecular complexity index is 987. The van der Waals surface area contributed by atoms with Crippen molar-refractivity contribution in [3.05, 3.63) is 45.6 Å². The maximum absolute atomic E-state index is 12.4. The van der Waals surface area contributed by atoms with Gasteiger partial charge >= 0.3 is 0 Å². The standard InChI is InChI=1S/C21H24N2O5/c1-11(24)23-14-9-8-12-10-16(26-2)20(27-3)21(28-4)17(12)13-6-5-7-15(25)19(22)18(13)14/h5-7,10,14H,8-9H2,1-4H3,(H2,22,25)(H,23,24)/t14-/m0/s1. The first kappa shape index (κ1) is 19.5. The van der Waals surface area contributed by atoms with E-state index in [2.05, 4.69) is 5.32 Å². The molecule has 0 aliphatic heterocycles. The molecule has 0 radical (unpaired) electrons. The van der Waals surface area contributed by atoms with Gasteiger partial charge in [-0.25, -0.2) is 0 Å². The molecule has 2 aromatic carbocycles. The fourth-order valence-corrected chi connectivity index (χ4v) is 3.82. The number of benzene rings is 1. The van der Waals surface area contributed by atoms with Crippen LogP contribution < -0.4 is 30.7 Å². The summed E-state index contributed by atoms with van der Waals surface area (Å²) in [5, 5.41) is 2.93. The van der Waals surface area contributed by atoms with Crippen LogP contribution in [0.25, 0.3) is 11.1 Å². The van der Waals surface area contributed by atoms with E-state index in [-0.39, 0.29) is 17.0 Å². The highest BCUT2D eigenvalue weighted by Crippen LogP contribution is 2.50. The molecule has 7 heteroatoms. The zero-order valence-corrected chi connectivity index (χ0v) is 16.4. The van der Waals surface area contributed by atoms with Crippen LogP contribution in [0.5, 0.6) is 17.2 Å². The van der Waals surface area contributed by atoms with Gasteiger partial charge in [-0.3, -0.25) is 9.59 Å². The molecule has 0 saturated carbocycles. The number of rotatable bonds is 4. The molecule has 148 valence electrons. The number of aryl methyl sites for hydroxylation is 1. The number of carbonyl (C=O) groups excluding carboxylic acids is 1. The van der Waals surface area contributed by atoms with Crippen molar-refractivity contribution in [2.45, 2.75) is 25.8 Å². The number of hydrogen-bond acceptors (Lipinski definition) is 6. The summed E-state index contributed by atoms with van der Waals surface area (Å²) < 4.78 is 16.7. The Morgan fingerprint density at radius 2 is 1.86 bits per heavy atom. The van der Waals surface area contributed by atoms with Gasteiger partial charge in [0, 0.05) is 18.1 Å². The second-order valence-electron chi connectivity index (χ2n) is 6.60. The molecule has 3 N–H and O–H groups in total. The first-order valence-corrected chi connectivity index (χ1v) is 8.94. The van der Waals surface area contributed by atoms with Crippen molar-refractivity contribution in [1.29, 1.82) is 0 Å². The molecule has 1 amide bonds. The SMILES string of the molecule is COc1cc2c(c(OC)c1OC)-c1cccc(=O)c(N)c1[C@@H](NC(C)=O)CC2. The smallest absolute Gasteiger partial charge is 0.217 e. The van der Waals surface area contributed by atoms with Gasteiger partial charge in [0.1, 0.15) is 0 Å². The van der Waals surface area contributed by atoms with Crippen molar-refractivity contribution in [2.24, 2.45) is 0 Å². The van der Waals surface area contributed by atoms with E-state index in [0.717, 1.165) is 16.7 Å². The normalized spacial score (nSPS) is 14.9. The lowest BCUT2D eigenvalue weighted by atomic mass is 9.94. The van der Waals surface area contributed by atoms with Crippen molar-refractivity contribution in [3.63, 3.8) is 0 Å². The van der Waals surface area contributed by atoms with E-state index < -0.39 is 6.04 Å². The van der Waals surface area contributed by atoms with Crippen LogP contribution in [0.3, 0.4) is 0 Å². The molecular formula is C21H24N2O5. The molecule has 0 aromatic heterocycles. The first-order chi connectivity index (χ1) is 13.4. The molecule has 0 saturated heterocycles. The largest absolute Gasteiger partial charge is 0.493 e. The van der Waals surface area contributed by atoms with Gasteiger partial charge in [-0.2, -0.15) is 0 Å². The van der Waals surface area contributed by atoms with Gasteiger partial charge in [-0.15, -0.1) is 0 Å². The Balaban J connectivity index is 2.44. The minimum Gasteiger partial charge on any atom is -0.493 e. The van der Waals surface area contributed by atoms with Crippen molar-refractivity contribution < 1.29 is 19.0 Å². The van der Waals surface area contributed by atoms with Gasteiger partial charge in [0.05, 0.1) is 33.1 Å². The average molecular weight is 384 g/mol. The van der Waals surface area contributed by atoms with Crippen molar-refractivity contribution in [3.8, 4) is 28.4 Å². The quantitative estimate of drug-likeness (QED) is 0.840. The van der Waals surface area contributed by atoms with E-state index >= 15 is 0 Å². The number of hydrogen-bond donors (Lipinski definition) is 2. The van der Waals surface area contributed by atoms with Crippen LogP contribution in [0.2, 0.25) is 0 Å². The summed E-state index contributed by atoms with van der Waals surface area (Å²) in [6.07, 6.45) is 1.20. The number of carbonyl (C=O) groups is 1. The number of nitrogens with two attached hydrogens (primary N) is 1. The lowest BCUT2D eigenvalue weighted by Gasteiger charge is -2.20. The summed E-state index contributed by atoms with van der Waals surface area (Å²) in [6.45, 7) is 1.45. The maximum Gasteiger partial charge on any atom is 0.217 e. The topological polar surface area (TPSA) is 99.9 Å². The number of methoxy groups -OCH3 is 3. The second kappa shape index (κ2) is 7.80. The highest BCUT2D eigenvalue weighted by atomic mass is 16.5. The molecule has 28 heavy (non-hydrogen) atoms.